The third kappa shape index (κ3) is 9.13. The van der Waals surface area contributed by atoms with Crippen LogP contribution in [0.5, 0.6) is 5.75 Å². The molecule has 1 aliphatic heterocycles. The number of hydrogen-bond acceptors (Lipinski definition) is 7. The number of carbonyl (C=O) groups is 2. The molecular formula is C27H38N4O5. The van der Waals surface area contributed by atoms with Crippen LogP contribution in [0.4, 0.5) is 5.82 Å². The van der Waals surface area contributed by atoms with Crippen LogP contribution in [0.2, 0.25) is 0 Å². The highest BCUT2D eigenvalue weighted by Crippen LogP contribution is 2.20. The maximum Gasteiger partial charge on any atom is 0.326 e. The van der Waals surface area contributed by atoms with E-state index in [1.807, 2.05) is 24.3 Å². The first-order valence-corrected chi connectivity index (χ1v) is 12.7. The Bertz CT molecular complexity index is 983. The number of aliphatic carboxylic acids is 1. The summed E-state index contributed by atoms with van der Waals surface area (Å²) in [7, 11) is 1.59. The Hall–Kier alpha value is -3.17. The molecule has 0 saturated heterocycles. The number of pyridine rings is 1. The quantitative estimate of drug-likeness (QED) is 0.187. The number of amides is 1. The van der Waals surface area contributed by atoms with Crippen molar-refractivity contribution in [1.82, 2.24) is 15.6 Å². The summed E-state index contributed by atoms with van der Waals surface area (Å²) in [6.45, 7) is 1.26. The van der Waals surface area contributed by atoms with E-state index in [1.165, 1.54) is 5.56 Å². The molecule has 1 aromatic carbocycles. The van der Waals surface area contributed by atoms with Gasteiger partial charge in [-0.15, -0.1) is 0 Å². The van der Waals surface area contributed by atoms with Crippen LogP contribution in [0.1, 0.15) is 55.3 Å². The molecule has 2 atom stereocenters. The molecule has 0 fully saturated rings. The number of carbonyl (C=O) groups excluding carboxylic acids is 1. The molecule has 1 amide bonds. The summed E-state index contributed by atoms with van der Waals surface area (Å²) in [5.74, 6) is 0.343. The van der Waals surface area contributed by atoms with Crippen LogP contribution >= 0.6 is 0 Å². The number of aryl methyl sites for hydroxylation is 3. The number of aromatic nitrogens is 1. The van der Waals surface area contributed by atoms with Gasteiger partial charge in [0, 0.05) is 25.2 Å². The van der Waals surface area contributed by atoms with E-state index >= 15 is 0 Å². The molecule has 3 rings (SSSR count). The molecule has 2 heterocycles. The van der Waals surface area contributed by atoms with Crippen molar-refractivity contribution < 1.29 is 24.5 Å². The van der Waals surface area contributed by atoms with E-state index in [2.05, 4.69) is 28.1 Å². The highest BCUT2D eigenvalue weighted by Gasteiger charge is 2.20. The van der Waals surface area contributed by atoms with Gasteiger partial charge in [0.05, 0.1) is 7.11 Å². The van der Waals surface area contributed by atoms with E-state index in [-0.39, 0.29) is 25.3 Å². The second-order valence-electron chi connectivity index (χ2n) is 9.15. The molecule has 1 aromatic heterocycles. The van der Waals surface area contributed by atoms with Gasteiger partial charge in [0.2, 0.25) is 5.91 Å². The van der Waals surface area contributed by atoms with Crippen LogP contribution in [0.25, 0.3) is 0 Å². The minimum absolute atomic E-state index is 0.187. The summed E-state index contributed by atoms with van der Waals surface area (Å²) in [5, 5.41) is 28.5. The lowest BCUT2D eigenvalue weighted by atomic mass is 10.1. The Morgan fingerprint density at radius 1 is 1.11 bits per heavy atom. The van der Waals surface area contributed by atoms with Crippen molar-refractivity contribution in [3.63, 3.8) is 0 Å². The van der Waals surface area contributed by atoms with Crippen LogP contribution < -0.4 is 20.7 Å². The van der Waals surface area contributed by atoms with E-state index in [1.54, 1.807) is 7.11 Å². The molecule has 0 saturated carbocycles. The third-order valence-electron chi connectivity index (χ3n) is 6.36. The molecule has 9 nitrogen and oxygen atoms in total. The first-order valence-electron chi connectivity index (χ1n) is 12.7. The van der Waals surface area contributed by atoms with E-state index in [0.717, 1.165) is 61.5 Å². The van der Waals surface area contributed by atoms with Gasteiger partial charge in [-0.2, -0.15) is 0 Å². The van der Waals surface area contributed by atoms with Crippen molar-refractivity contribution in [3.8, 4) is 5.75 Å². The lowest BCUT2D eigenvalue weighted by molar-refractivity contribution is -0.142. The number of methoxy groups -OCH3 is 1. The van der Waals surface area contributed by atoms with E-state index < -0.39 is 18.2 Å². The molecule has 1 aliphatic rings. The number of aliphatic hydroxyl groups excluding tert-OH is 1. The maximum absolute atomic E-state index is 12.2. The number of nitrogens with zero attached hydrogens (tertiary/aromatic N) is 1. The van der Waals surface area contributed by atoms with Gasteiger partial charge in [-0.1, -0.05) is 18.2 Å². The van der Waals surface area contributed by atoms with E-state index in [4.69, 9.17) is 9.72 Å². The molecule has 0 aliphatic carbocycles. The highest BCUT2D eigenvalue weighted by molar-refractivity contribution is 5.83. The number of benzene rings is 1. The zero-order valence-electron chi connectivity index (χ0n) is 21.0. The largest absolute Gasteiger partial charge is 0.497 e. The molecule has 0 spiro atoms. The Balaban J connectivity index is 1.29. The molecule has 0 bridgehead atoms. The van der Waals surface area contributed by atoms with Crippen LogP contribution in [0.3, 0.4) is 0 Å². The molecule has 0 radical (unpaired) electrons. The number of unbranched alkanes of at least 4 members (excludes halogenated alkanes) is 1. The fraction of sp³-hybridized carbons (Fsp3) is 0.519. The van der Waals surface area contributed by atoms with Gasteiger partial charge in [-0.05, 0) is 80.7 Å². The molecular weight excluding hydrogens is 460 g/mol. The zero-order valence-corrected chi connectivity index (χ0v) is 21.0. The fourth-order valence-corrected chi connectivity index (χ4v) is 4.22. The number of fused-ring (bicyclic) bond motifs is 1. The number of aliphatic hydroxyl groups is 1. The number of nitrogens with one attached hydrogen (secondary N) is 3. The van der Waals surface area contributed by atoms with E-state index in [0.29, 0.717) is 12.8 Å². The second kappa shape index (κ2) is 14.4. The van der Waals surface area contributed by atoms with Gasteiger partial charge in [-0.25, -0.2) is 9.78 Å². The number of carboxylic acid groups (broad SMARTS) is 1. The van der Waals surface area contributed by atoms with Gasteiger partial charge in [-0.3, -0.25) is 10.1 Å². The van der Waals surface area contributed by atoms with Crippen LogP contribution in [0, 0.1) is 0 Å². The number of ether oxygens (including phenoxy) is 1. The number of carboxylic acids is 1. The SMILES string of the molecule is COc1ccc(CCC(=O)NC(CCNC(O)CCCCc2ccc3c(n2)NCCC3)C(=O)O)cc1. The van der Waals surface area contributed by atoms with Crippen molar-refractivity contribution in [1.29, 1.82) is 0 Å². The zero-order chi connectivity index (χ0) is 25.8. The van der Waals surface area contributed by atoms with Crippen molar-refractivity contribution in [2.24, 2.45) is 0 Å². The molecule has 196 valence electrons. The normalized spacial score (nSPS) is 14.3. The number of hydrogen-bond donors (Lipinski definition) is 5. The summed E-state index contributed by atoms with van der Waals surface area (Å²) in [6.07, 6.45) is 5.54. The first kappa shape index (κ1) is 27.4. The Morgan fingerprint density at radius 2 is 1.92 bits per heavy atom. The van der Waals surface area contributed by atoms with Gasteiger partial charge in [0.15, 0.2) is 0 Å². The van der Waals surface area contributed by atoms with Gasteiger partial charge < -0.3 is 25.6 Å². The van der Waals surface area contributed by atoms with Gasteiger partial charge >= 0.3 is 5.97 Å². The minimum Gasteiger partial charge on any atom is -0.497 e. The highest BCUT2D eigenvalue weighted by atomic mass is 16.5. The number of anilines is 1. The van der Waals surface area contributed by atoms with Gasteiger partial charge in [0.1, 0.15) is 23.8 Å². The molecule has 2 aromatic rings. The van der Waals surface area contributed by atoms with Crippen molar-refractivity contribution in [2.75, 3.05) is 25.5 Å². The van der Waals surface area contributed by atoms with Crippen molar-refractivity contribution in [2.45, 2.75) is 70.1 Å². The lowest BCUT2D eigenvalue weighted by Gasteiger charge is -2.18. The summed E-state index contributed by atoms with van der Waals surface area (Å²) in [5.41, 5.74) is 3.30. The first-order chi connectivity index (χ1) is 17.4. The monoisotopic (exact) mass is 498 g/mol. The predicted molar refractivity (Wildman–Crippen MR) is 138 cm³/mol. The van der Waals surface area contributed by atoms with Crippen LogP contribution in [-0.4, -0.2) is 59.5 Å². The average Bonchev–Trinajstić information content (AvgIpc) is 2.89. The number of rotatable bonds is 15. The summed E-state index contributed by atoms with van der Waals surface area (Å²) in [4.78, 5) is 28.5. The minimum atomic E-state index is -1.09. The molecule has 5 N–H and O–H groups in total. The summed E-state index contributed by atoms with van der Waals surface area (Å²) in [6, 6.07) is 10.6. The topological polar surface area (TPSA) is 133 Å². The standard InChI is InChI=1S/C27H38N4O5/c1-36-22-13-8-19(9-14-22)10-15-25(33)31-23(27(34)35)16-18-28-24(32)7-3-2-6-21-12-11-20-5-4-17-29-26(20)30-21/h8-9,11-14,23-24,28,32H,2-7,10,15-18H2,1H3,(H,29,30)(H,31,33)(H,34,35). The van der Waals surface area contributed by atoms with Crippen molar-refractivity contribution in [3.05, 3.63) is 53.2 Å². The summed E-state index contributed by atoms with van der Waals surface area (Å²) < 4.78 is 5.12. The Morgan fingerprint density at radius 3 is 2.67 bits per heavy atom. The smallest absolute Gasteiger partial charge is 0.326 e. The van der Waals surface area contributed by atoms with Gasteiger partial charge in [0.25, 0.3) is 0 Å². The van der Waals surface area contributed by atoms with Crippen LogP contribution in [0.15, 0.2) is 36.4 Å². The lowest BCUT2D eigenvalue weighted by Crippen LogP contribution is -2.43. The van der Waals surface area contributed by atoms with Crippen LogP contribution in [-0.2, 0) is 28.9 Å². The Kier molecular flexibility index (Phi) is 11.0. The predicted octanol–water partition coefficient (Wildman–Crippen LogP) is 2.66. The van der Waals surface area contributed by atoms with E-state index in [9.17, 15) is 19.8 Å². The Labute approximate surface area is 212 Å². The average molecular weight is 499 g/mol. The third-order valence-corrected chi connectivity index (χ3v) is 6.36. The second-order valence-corrected chi connectivity index (χ2v) is 9.15. The fourth-order valence-electron chi connectivity index (χ4n) is 4.22. The molecule has 2 unspecified atom stereocenters. The molecule has 36 heavy (non-hydrogen) atoms. The summed E-state index contributed by atoms with van der Waals surface area (Å²) >= 11 is 0. The molecule has 9 heteroatoms. The maximum atomic E-state index is 12.2. The van der Waals surface area contributed by atoms with Crippen molar-refractivity contribution >= 4 is 17.7 Å².